The Bertz CT molecular complexity index is 852. The largest absolute Gasteiger partial charge is 0.383 e. The van der Waals surface area contributed by atoms with Gasteiger partial charge < -0.3 is 18.4 Å². The first-order chi connectivity index (χ1) is 11.2. The number of hydrogen-bond donors (Lipinski definition) is 0. The van der Waals surface area contributed by atoms with Gasteiger partial charge >= 0.3 is 0 Å². The smallest absolute Gasteiger partial charge is 0.275 e. The highest BCUT2D eigenvalue weighted by molar-refractivity contribution is 7.97. The maximum atomic E-state index is 12.7. The minimum Gasteiger partial charge on any atom is -0.383 e. The van der Waals surface area contributed by atoms with Crippen molar-refractivity contribution in [3.05, 3.63) is 46.6 Å². The Kier molecular flexibility index (Phi) is 4.82. The molecular formula is C15H18N4O3S. The molecule has 122 valence electrons. The SMILES string of the molecule is COCCn1ccc2ccn(Cc3nc(CSC)no3)c(=O)c21. The van der Waals surface area contributed by atoms with Crippen LogP contribution in [0.15, 0.2) is 33.8 Å². The van der Waals surface area contributed by atoms with E-state index in [1.165, 1.54) is 0 Å². The summed E-state index contributed by atoms with van der Waals surface area (Å²) in [5.41, 5.74) is 0.585. The number of rotatable bonds is 7. The molecule has 0 radical (unpaired) electrons. The summed E-state index contributed by atoms with van der Waals surface area (Å²) in [6.07, 6.45) is 5.63. The third kappa shape index (κ3) is 3.32. The average molecular weight is 334 g/mol. The normalized spacial score (nSPS) is 11.4. The molecule has 3 aromatic heterocycles. The molecule has 3 heterocycles. The molecule has 8 heteroatoms. The van der Waals surface area contributed by atoms with Gasteiger partial charge in [-0.15, -0.1) is 0 Å². The summed E-state index contributed by atoms with van der Waals surface area (Å²) < 4.78 is 13.8. The topological polar surface area (TPSA) is 75.1 Å². The lowest BCUT2D eigenvalue weighted by Gasteiger charge is -2.06. The average Bonchev–Trinajstić information content (AvgIpc) is 3.16. The summed E-state index contributed by atoms with van der Waals surface area (Å²) in [5, 5.41) is 4.81. The zero-order valence-corrected chi connectivity index (χ0v) is 13.9. The summed E-state index contributed by atoms with van der Waals surface area (Å²) in [6, 6.07) is 3.85. The molecular weight excluding hydrogens is 316 g/mol. The lowest BCUT2D eigenvalue weighted by molar-refractivity contribution is 0.188. The van der Waals surface area contributed by atoms with Crippen LogP contribution in [0.2, 0.25) is 0 Å². The molecule has 0 spiro atoms. The highest BCUT2D eigenvalue weighted by atomic mass is 32.2. The number of hydrogen-bond acceptors (Lipinski definition) is 6. The van der Waals surface area contributed by atoms with E-state index in [1.54, 1.807) is 29.6 Å². The Hall–Kier alpha value is -2.06. The van der Waals surface area contributed by atoms with E-state index in [9.17, 15) is 4.79 Å². The molecule has 7 nitrogen and oxygen atoms in total. The predicted octanol–water partition coefficient (Wildman–Crippen LogP) is 1.74. The van der Waals surface area contributed by atoms with Crippen LogP contribution >= 0.6 is 11.8 Å². The third-order valence-corrected chi connectivity index (χ3v) is 4.06. The van der Waals surface area contributed by atoms with E-state index in [2.05, 4.69) is 10.1 Å². The molecule has 0 amide bonds. The number of fused-ring (bicyclic) bond motifs is 1. The molecule has 0 unspecified atom stereocenters. The van der Waals surface area contributed by atoms with Gasteiger partial charge in [-0.3, -0.25) is 4.79 Å². The summed E-state index contributed by atoms with van der Waals surface area (Å²) in [6.45, 7) is 1.46. The molecule has 3 rings (SSSR count). The predicted molar refractivity (Wildman–Crippen MR) is 88.7 cm³/mol. The number of thioether (sulfide) groups is 1. The number of ether oxygens (including phenoxy) is 1. The second-order valence-electron chi connectivity index (χ2n) is 5.09. The van der Waals surface area contributed by atoms with Crippen molar-refractivity contribution in [2.45, 2.75) is 18.8 Å². The van der Waals surface area contributed by atoms with Gasteiger partial charge in [0.1, 0.15) is 12.1 Å². The van der Waals surface area contributed by atoms with Gasteiger partial charge in [-0.1, -0.05) is 5.16 Å². The Morgan fingerprint density at radius 2 is 2.09 bits per heavy atom. The summed E-state index contributed by atoms with van der Waals surface area (Å²) in [7, 11) is 1.64. The van der Waals surface area contributed by atoms with E-state index in [0.717, 1.165) is 5.39 Å². The zero-order chi connectivity index (χ0) is 16.2. The van der Waals surface area contributed by atoms with Gasteiger partial charge in [-0.25, -0.2) is 0 Å². The van der Waals surface area contributed by atoms with Crippen molar-refractivity contribution in [3.63, 3.8) is 0 Å². The monoisotopic (exact) mass is 334 g/mol. The first kappa shape index (κ1) is 15.8. The fourth-order valence-electron chi connectivity index (χ4n) is 2.43. The van der Waals surface area contributed by atoms with Crippen LogP contribution in [-0.4, -0.2) is 39.2 Å². The Morgan fingerprint density at radius 1 is 1.30 bits per heavy atom. The number of nitrogens with zero attached hydrogens (tertiary/aromatic N) is 4. The van der Waals surface area contributed by atoms with E-state index in [-0.39, 0.29) is 12.1 Å². The van der Waals surface area contributed by atoms with Crippen LogP contribution in [0.3, 0.4) is 0 Å². The Labute approximate surface area is 137 Å². The van der Waals surface area contributed by atoms with Crippen LogP contribution in [0.1, 0.15) is 11.7 Å². The van der Waals surface area contributed by atoms with E-state index >= 15 is 0 Å². The highest BCUT2D eigenvalue weighted by Crippen LogP contribution is 2.12. The number of pyridine rings is 1. The van der Waals surface area contributed by atoms with E-state index in [0.29, 0.717) is 36.1 Å². The van der Waals surface area contributed by atoms with Gasteiger partial charge in [-0.2, -0.15) is 16.7 Å². The molecule has 0 aliphatic rings. The van der Waals surface area contributed by atoms with Crippen molar-refractivity contribution in [1.82, 2.24) is 19.3 Å². The van der Waals surface area contributed by atoms with Crippen molar-refractivity contribution in [3.8, 4) is 0 Å². The van der Waals surface area contributed by atoms with Gasteiger partial charge in [0.25, 0.3) is 5.56 Å². The van der Waals surface area contributed by atoms with Crippen molar-refractivity contribution >= 4 is 22.7 Å². The van der Waals surface area contributed by atoms with E-state index in [4.69, 9.17) is 9.26 Å². The fraction of sp³-hybridized carbons (Fsp3) is 0.400. The Morgan fingerprint density at radius 3 is 2.83 bits per heavy atom. The molecule has 0 bridgehead atoms. The molecule has 0 aliphatic heterocycles. The number of methoxy groups -OCH3 is 1. The Balaban J connectivity index is 1.91. The fourth-order valence-corrected chi connectivity index (χ4v) is 2.81. The summed E-state index contributed by atoms with van der Waals surface area (Å²) >= 11 is 1.62. The molecule has 23 heavy (non-hydrogen) atoms. The summed E-state index contributed by atoms with van der Waals surface area (Å²) in [5.74, 6) is 1.77. The molecule has 0 aromatic carbocycles. The minimum atomic E-state index is -0.0757. The molecule has 3 aromatic rings. The van der Waals surface area contributed by atoms with Crippen LogP contribution in [0.5, 0.6) is 0 Å². The van der Waals surface area contributed by atoms with Crippen molar-refractivity contribution < 1.29 is 9.26 Å². The van der Waals surface area contributed by atoms with E-state index in [1.807, 2.05) is 29.2 Å². The van der Waals surface area contributed by atoms with Crippen LogP contribution in [0.4, 0.5) is 0 Å². The van der Waals surface area contributed by atoms with Crippen LogP contribution in [0, 0.1) is 0 Å². The standard InChI is InChI=1S/C15H18N4O3S/c1-21-8-7-18-5-3-11-4-6-19(15(20)14(11)18)9-13-16-12(10-23-2)17-22-13/h3-6H,7-10H2,1-2H3. The molecule has 0 saturated carbocycles. The number of aromatic nitrogens is 4. The van der Waals surface area contributed by atoms with Gasteiger partial charge in [0.05, 0.1) is 12.4 Å². The highest BCUT2D eigenvalue weighted by Gasteiger charge is 2.11. The maximum absolute atomic E-state index is 12.7. The molecule has 0 N–H and O–H groups in total. The molecule has 0 atom stereocenters. The second kappa shape index (κ2) is 7.01. The van der Waals surface area contributed by atoms with Crippen molar-refractivity contribution in [1.29, 1.82) is 0 Å². The minimum absolute atomic E-state index is 0.0757. The zero-order valence-electron chi connectivity index (χ0n) is 13.1. The first-order valence-corrected chi connectivity index (χ1v) is 8.60. The van der Waals surface area contributed by atoms with Crippen molar-refractivity contribution in [2.24, 2.45) is 0 Å². The van der Waals surface area contributed by atoms with Crippen LogP contribution in [0.25, 0.3) is 10.9 Å². The molecule has 0 fully saturated rings. The maximum Gasteiger partial charge on any atom is 0.275 e. The lowest BCUT2D eigenvalue weighted by atomic mass is 10.3. The molecule has 0 aliphatic carbocycles. The van der Waals surface area contributed by atoms with Gasteiger partial charge in [0, 0.05) is 31.4 Å². The van der Waals surface area contributed by atoms with E-state index < -0.39 is 0 Å². The van der Waals surface area contributed by atoms with Crippen LogP contribution in [-0.2, 0) is 23.6 Å². The second-order valence-corrected chi connectivity index (χ2v) is 5.96. The van der Waals surface area contributed by atoms with Crippen molar-refractivity contribution in [2.75, 3.05) is 20.0 Å². The third-order valence-electron chi connectivity index (χ3n) is 3.52. The van der Waals surface area contributed by atoms with Gasteiger partial charge in [-0.05, 0) is 18.4 Å². The quantitative estimate of drug-likeness (QED) is 0.655. The summed E-state index contributed by atoms with van der Waals surface area (Å²) in [4.78, 5) is 17.0. The molecule has 0 saturated heterocycles. The lowest BCUT2D eigenvalue weighted by Crippen LogP contribution is -2.22. The van der Waals surface area contributed by atoms with Gasteiger partial charge in [0.2, 0.25) is 5.89 Å². The first-order valence-electron chi connectivity index (χ1n) is 7.20. The van der Waals surface area contributed by atoms with Crippen LogP contribution < -0.4 is 5.56 Å². The van der Waals surface area contributed by atoms with Gasteiger partial charge in [0.15, 0.2) is 5.82 Å².